The highest BCUT2D eigenvalue weighted by molar-refractivity contribution is 5.99. The predicted octanol–water partition coefficient (Wildman–Crippen LogP) is 4.98. The van der Waals surface area contributed by atoms with Gasteiger partial charge in [0.25, 0.3) is 5.91 Å². The van der Waals surface area contributed by atoms with Crippen LogP contribution in [-0.4, -0.2) is 15.9 Å². The fourth-order valence-electron chi connectivity index (χ4n) is 3.57. The van der Waals surface area contributed by atoms with Crippen LogP contribution in [0.15, 0.2) is 73.1 Å². The van der Waals surface area contributed by atoms with Crippen LogP contribution in [0.25, 0.3) is 11.1 Å². The molecular weight excluding hydrogens is 462 g/mol. The molecule has 0 spiro atoms. The lowest BCUT2D eigenvalue weighted by Crippen LogP contribution is -2.28. The number of benzene rings is 2. The maximum absolute atomic E-state index is 14.8. The lowest BCUT2D eigenvalue weighted by Gasteiger charge is -2.17. The first-order valence-electron chi connectivity index (χ1n) is 11.0. The zero-order valence-electron chi connectivity index (χ0n) is 19.3. The second-order valence-electron chi connectivity index (χ2n) is 8.11. The molecule has 2 heterocycles. The van der Waals surface area contributed by atoms with Gasteiger partial charge in [-0.2, -0.15) is 5.26 Å². The lowest BCUT2D eigenvalue weighted by atomic mass is 10.0. The summed E-state index contributed by atoms with van der Waals surface area (Å²) in [5, 5.41) is 15.1. The van der Waals surface area contributed by atoms with E-state index in [4.69, 9.17) is 5.73 Å². The Labute approximate surface area is 206 Å². The van der Waals surface area contributed by atoms with Crippen molar-refractivity contribution in [2.24, 2.45) is 0 Å². The normalized spacial score (nSPS) is 11.4. The minimum atomic E-state index is -0.481. The minimum Gasteiger partial charge on any atom is -0.384 e. The molecule has 0 saturated heterocycles. The molecular formula is C27H22F2N6O. The number of hydrogen-bond donors (Lipinski definition) is 3. The van der Waals surface area contributed by atoms with Crippen LogP contribution < -0.4 is 16.4 Å². The first kappa shape index (κ1) is 24.3. The number of nitrogens with two attached hydrogens (primary N) is 1. The summed E-state index contributed by atoms with van der Waals surface area (Å²) in [5.41, 5.74) is 8.39. The van der Waals surface area contributed by atoms with Crippen LogP contribution in [0.1, 0.15) is 40.0 Å². The van der Waals surface area contributed by atoms with Crippen molar-refractivity contribution in [3.8, 4) is 17.2 Å². The van der Waals surface area contributed by atoms with Crippen molar-refractivity contribution in [3.05, 3.63) is 107 Å². The van der Waals surface area contributed by atoms with Crippen molar-refractivity contribution in [2.45, 2.75) is 19.5 Å². The molecule has 0 fully saturated rings. The molecule has 4 aromatic rings. The zero-order valence-corrected chi connectivity index (χ0v) is 19.3. The van der Waals surface area contributed by atoms with Gasteiger partial charge in [-0.05, 0) is 54.4 Å². The summed E-state index contributed by atoms with van der Waals surface area (Å²) >= 11 is 0. The zero-order chi connectivity index (χ0) is 25.7. The summed E-state index contributed by atoms with van der Waals surface area (Å²) in [6.07, 6.45) is 2.90. The summed E-state index contributed by atoms with van der Waals surface area (Å²) in [6.45, 7) is 1.81. The third-order valence-corrected chi connectivity index (χ3v) is 5.60. The van der Waals surface area contributed by atoms with Crippen molar-refractivity contribution in [1.29, 1.82) is 5.26 Å². The van der Waals surface area contributed by atoms with E-state index in [9.17, 15) is 18.8 Å². The molecule has 2 aromatic heterocycles. The Hall–Kier alpha value is -4.84. The maximum Gasteiger partial charge on any atom is 0.255 e. The molecule has 0 aliphatic rings. The van der Waals surface area contributed by atoms with Crippen LogP contribution in [0, 0.1) is 23.0 Å². The van der Waals surface area contributed by atoms with Crippen LogP contribution in [0.2, 0.25) is 0 Å². The number of nitriles is 1. The number of halogens is 2. The molecule has 1 amide bonds. The number of rotatable bonds is 7. The van der Waals surface area contributed by atoms with Gasteiger partial charge in [-0.1, -0.05) is 24.3 Å². The third-order valence-electron chi connectivity index (χ3n) is 5.60. The topological polar surface area (TPSA) is 117 Å². The highest BCUT2D eigenvalue weighted by Crippen LogP contribution is 2.23. The molecule has 4 rings (SSSR count). The molecule has 7 nitrogen and oxygen atoms in total. The Morgan fingerprint density at radius 1 is 1.03 bits per heavy atom. The number of nitrogens with zero attached hydrogens (tertiary/aromatic N) is 3. The molecule has 0 radical (unpaired) electrons. The quantitative estimate of drug-likeness (QED) is 0.341. The average molecular weight is 485 g/mol. The molecule has 9 heteroatoms. The van der Waals surface area contributed by atoms with Gasteiger partial charge in [0.15, 0.2) is 0 Å². The number of hydrogen-bond acceptors (Lipinski definition) is 6. The van der Waals surface area contributed by atoms with Crippen molar-refractivity contribution in [3.63, 3.8) is 0 Å². The predicted molar refractivity (Wildman–Crippen MR) is 133 cm³/mol. The largest absolute Gasteiger partial charge is 0.384 e. The Balaban J connectivity index is 1.51. The molecule has 0 aliphatic carbocycles. The smallest absolute Gasteiger partial charge is 0.255 e. The second kappa shape index (κ2) is 10.6. The van der Waals surface area contributed by atoms with Gasteiger partial charge in [0, 0.05) is 30.1 Å². The monoisotopic (exact) mass is 484 g/mol. The molecule has 4 N–H and O–H groups in total. The van der Waals surface area contributed by atoms with Gasteiger partial charge >= 0.3 is 0 Å². The lowest BCUT2D eigenvalue weighted by molar-refractivity contribution is 0.0940. The van der Waals surface area contributed by atoms with E-state index >= 15 is 0 Å². The number of pyridine rings is 2. The Morgan fingerprint density at radius 2 is 1.78 bits per heavy atom. The number of amides is 1. The van der Waals surface area contributed by atoms with Gasteiger partial charge in [0.2, 0.25) is 0 Å². The summed E-state index contributed by atoms with van der Waals surface area (Å²) < 4.78 is 28.1. The number of anilines is 2. The molecule has 1 unspecified atom stereocenters. The van der Waals surface area contributed by atoms with E-state index in [-0.39, 0.29) is 29.3 Å². The highest BCUT2D eigenvalue weighted by atomic mass is 19.1. The van der Waals surface area contributed by atoms with Gasteiger partial charge in [-0.3, -0.25) is 4.79 Å². The van der Waals surface area contributed by atoms with E-state index in [1.807, 2.05) is 6.07 Å². The molecule has 0 saturated carbocycles. The molecule has 2 aromatic carbocycles. The number of carbonyl (C=O) groups is 1. The second-order valence-corrected chi connectivity index (χ2v) is 8.11. The number of carbonyl (C=O) groups excluding carboxylic acids is 1. The van der Waals surface area contributed by atoms with Gasteiger partial charge < -0.3 is 16.4 Å². The van der Waals surface area contributed by atoms with E-state index in [0.717, 1.165) is 5.56 Å². The molecule has 36 heavy (non-hydrogen) atoms. The molecule has 180 valence electrons. The Kier molecular flexibility index (Phi) is 7.16. The molecule has 1 atom stereocenters. The van der Waals surface area contributed by atoms with E-state index in [2.05, 4.69) is 20.6 Å². The minimum absolute atomic E-state index is 0.0544. The van der Waals surface area contributed by atoms with Crippen LogP contribution >= 0.6 is 0 Å². The Morgan fingerprint density at radius 3 is 2.44 bits per heavy atom. The third kappa shape index (κ3) is 5.62. The SMILES string of the molecule is CC(NC(=O)c1cc(C#N)cnc1NCc1ccc(-c2ccc(N)nc2)cc1F)c1ccc(F)cc1. The standard InChI is InChI=1S/C27H22F2N6O/c1-16(18-4-7-22(28)8-5-18)35-27(36)23-10-17(12-30)13-33-26(23)34-15-21-3-2-19(11-24(21)29)20-6-9-25(31)32-14-20/h2-11,13-14,16H,15H2,1H3,(H2,31,32)(H,33,34)(H,35,36). The van der Waals surface area contributed by atoms with Gasteiger partial charge in [-0.15, -0.1) is 0 Å². The van der Waals surface area contributed by atoms with Crippen LogP contribution in [0.4, 0.5) is 20.4 Å². The first-order valence-corrected chi connectivity index (χ1v) is 11.0. The van der Waals surface area contributed by atoms with E-state index in [1.54, 1.807) is 49.5 Å². The van der Waals surface area contributed by atoms with Gasteiger partial charge in [-0.25, -0.2) is 18.7 Å². The molecule has 0 aliphatic heterocycles. The maximum atomic E-state index is 14.8. The van der Waals surface area contributed by atoms with E-state index in [0.29, 0.717) is 22.5 Å². The van der Waals surface area contributed by atoms with Crippen LogP contribution in [0.5, 0.6) is 0 Å². The number of aromatic nitrogens is 2. The Bertz CT molecular complexity index is 1430. The van der Waals surface area contributed by atoms with Crippen molar-refractivity contribution in [2.75, 3.05) is 11.1 Å². The van der Waals surface area contributed by atoms with E-state index in [1.165, 1.54) is 30.5 Å². The fourth-order valence-corrected chi connectivity index (χ4v) is 3.57. The molecule has 0 bridgehead atoms. The van der Waals surface area contributed by atoms with Gasteiger partial charge in [0.1, 0.15) is 29.3 Å². The van der Waals surface area contributed by atoms with Crippen molar-refractivity contribution >= 4 is 17.5 Å². The van der Waals surface area contributed by atoms with Gasteiger partial charge in [0.05, 0.1) is 17.2 Å². The number of nitrogens with one attached hydrogen (secondary N) is 2. The summed E-state index contributed by atoms with van der Waals surface area (Å²) in [7, 11) is 0. The summed E-state index contributed by atoms with van der Waals surface area (Å²) in [6, 6.07) is 16.9. The average Bonchev–Trinajstić information content (AvgIpc) is 2.88. The van der Waals surface area contributed by atoms with Crippen LogP contribution in [-0.2, 0) is 6.54 Å². The summed E-state index contributed by atoms with van der Waals surface area (Å²) in [4.78, 5) is 21.2. The van der Waals surface area contributed by atoms with E-state index < -0.39 is 17.8 Å². The first-order chi connectivity index (χ1) is 17.3. The van der Waals surface area contributed by atoms with Crippen molar-refractivity contribution in [1.82, 2.24) is 15.3 Å². The van der Waals surface area contributed by atoms with Crippen LogP contribution in [0.3, 0.4) is 0 Å². The number of nitrogen functional groups attached to an aromatic ring is 1. The van der Waals surface area contributed by atoms with Crippen molar-refractivity contribution < 1.29 is 13.6 Å². The summed E-state index contributed by atoms with van der Waals surface area (Å²) in [5.74, 6) is -0.724. The fraction of sp³-hybridized carbons (Fsp3) is 0.111. The highest BCUT2D eigenvalue weighted by Gasteiger charge is 2.18.